The summed E-state index contributed by atoms with van der Waals surface area (Å²) < 4.78 is 5.39. The second kappa shape index (κ2) is 7.72. The standard InChI is InChI=1S/C21H25NO4S/c1-21(2,3)26-20(25)22-12-14(10-18(22)19(23)24)9-17-11-16(13-27-17)15-7-5-4-6-8-15/h4-8,11,13-14,18H,9-10,12H2,1-3H3,(H,23,24)/t14?,18-/m1/s1. The van der Waals surface area contributed by atoms with Crippen LogP contribution in [0.3, 0.4) is 0 Å². The number of hydrogen-bond acceptors (Lipinski definition) is 4. The van der Waals surface area contributed by atoms with Crippen LogP contribution in [0, 0.1) is 5.92 Å². The normalized spacial score (nSPS) is 19.9. The highest BCUT2D eigenvalue weighted by Crippen LogP contribution is 2.32. The molecule has 3 rings (SSSR count). The maximum absolute atomic E-state index is 12.4. The Balaban J connectivity index is 1.69. The van der Waals surface area contributed by atoms with Gasteiger partial charge in [0.05, 0.1) is 0 Å². The van der Waals surface area contributed by atoms with Crippen LogP contribution < -0.4 is 0 Å². The van der Waals surface area contributed by atoms with Crippen LogP contribution in [-0.4, -0.2) is 40.3 Å². The first kappa shape index (κ1) is 19.4. The summed E-state index contributed by atoms with van der Waals surface area (Å²) in [4.78, 5) is 26.6. The fourth-order valence-electron chi connectivity index (χ4n) is 3.38. The van der Waals surface area contributed by atoms with Gasteiger partial charge in [0.1, 0.15) is 11.6 Å². The van der Waals surface area contributed by atoms with E-state index in [4.69, 9.17) is 4.74 Å². The molecule has 1 unspecified atom stereocenters. The lowest BCUT2D eigenvalue weighted by Gasteiger charge is -2.26. The first-order valence-corrected chi connectivity index (χ1v) is 9.96. The molecule has 1 aliphatic rings. The Hall–Kier alpha value is -2.34. The van der Waals surface area contributed by atoms with Crippen molar-refractivity contribution >= 4 is 23.4 Å². The minimum Gasteiger partial charge on any atom is -0.480 e. The fourth-order valence-corrected chi connectivity index (χ4v) is 4.39. The Morgan fingerprint density at radius 1 is 1.22 bits per heavy atom. The van der Waals surface area contributed by atoms with Crippen LogP contribution in [-0.2, 0) is 16.0 Å². The van der Waals surface area contributed by atoms with E-state index in [9.17, 15) is 14.7 Å². The number of carboxylic acid groups (broad SMARTS) is 1. The fraction of sp³-hybridized carbons (Fsp3) is 0.429. The number of likely N-dealkylation sites (tertiary alicyclic amines) is 1. The molecule has 2 atom stereocenters. The molecule has 144 valence electrons. The van der Waals surface area contributed by atoms with Crippen molar-refractivity contribution in [1.29, 1.82) is 0 Å². The third kappa shape index (κ3) is 4.89. The highest BCUT2D eigenvalue weighted by Gasteiger charge is 2.41. The van der Waals surface area contributed by atoms with Gasteiger partial charge in [-0.15, -0.1) is 11.3 Å². The lowest BCUT2D eigenvalue weighted by Crippen LogP contribution is -2.43. The van der Waals surface area contributed by atoms with Gasteiger partial charge in [0.25, 0.3) is 0 Å². The first-order valence-electron chi connectivity index (χ1n) is 9.08. The van der Waals surface area contributed by atoms with E-state index in [0.717, 1.165) is 6.42 Å². The second-order valence-corrected chi connectivity index (χ2v) is 8.96. The summed E-state index contributed by atoms with van der Waals surface area (Å²) in [5.41, 5.74) is 1.70. The number of benzene rings is 1. The van der Waals surface area contributed by atoms with E-state index in [-0.39, 0.29) is 5.92 Å². The van der Waals surface area contributed by atoms with Gasteiger partial charge < -0.3 is 9.84 Å². The van der Waals surface area contributed by atoms with Crippen molar-refractivity contribution in [2.24, 2.45) is 5.92 Å². The zero-order valence-corrected chi connectivity index (χ0v) is 16.7. The van der Waals surface area contributed by atoms with Crippen LogP contribution in [0.1, 0.15) is 32.1 Å². The predicted octanol–water partition coefficient (Wildman–Crippen LogP) is 4.67. The molecule has 1 N–H and O–H groups in total. The SMILES string of the molecule is CC(C)(C)OC(=O)N1CC(Cc2cc(-c3ccccc3)cs2)C[C@@H]1C(=O)O. The molecule has 6 heteroatoms. The van der Waals surface area contributed by atoms with Gasteiger partial charge in [0, 0.05) is 11.4 Å². The number of hydrogen-bond donors (Lipinski definition) is 1. The van der Waals surface area contributed by atoms with Gasteiger partial charge in [-0.2, -0.15) is 0 Å². The minimum absolute atomic E-state index is 0.112. The molecule has 0 aliphatic carbocycles. The van der Waals surface area contributed by atoms with Gasteiger partial charge in [-0.25, -0.2) is 9.59 Å². The van der Waals surface area contributed by atoms with Crippen LogP contribution in [0.5, 0.6) is 0 Å². The summed E-state index contributed by atoms with van der Waals surface area (Å²) in [6.07, 6.45) is 0.668. The van der Waals surface area contributed by atoms with Gasteiger partial charge in [-0.1, -0.05) is 30.3 Å². The van der Waals surface area contributed by atoms with Gasteiger partial charge >= 0.3 is 12.1 Å². The molecule has 1 amide bonds. The van der Waals surface area contributed by atoms with Crippen LogP contribution in [0.15, 0.2) is 41.8 Å². The average molecular weight is 388 g/mol. The summed E-state index contributed by atoms with van der Waals surface area (Å²) in [5, 5.41) is 11.6. The lowest BCUT2D eigenvalue weighted by atomic mass is 10.00. The van der Waals surface area contributed by atoms with Crippen molar-refractivity contribution in [1.82, 2.24) is 4.90 Å². The number of nitrogens with zero attached hydrogens (tertiary/aromatic N) is 1. The molecule has 1 saturated heterocycles. The van der Waals surface area contributed by atoms with Crippen LogP contribution in [0.2, 0.25) is 0 Å². The number of carbonyl (C=O) groups is 2. The molecule has 1 fully saturated rings. The third-order valence-corrected chi connectivity index (χ3v) is 5.51. The molecule has 0 bridgehead atoms. The largest absolute Gasteiger partial charge is 0.480 e. The van der Waals surface area contributed by atoms with Crippen molar-refractivity contribution in [3.05, 3.63) is 46.7 Å². The summed E-state index contributed by atoms with van der Waals surface area (Å²) >= 11 is 1.68. The predicted molar refractivity (Wildman–Crippen MR) is 106 cm³/mol. The maximum atomic E-state index is 12.4. The molecule has 1 aromatic heterocycles. The minimum atomic E-state index is -0.973. The Morgan fingerprint density at radius 3 is 2.56 bits per heavy atom. The monoisotopic (exact) mass is 387 g/mol. The molecular formula is C21H25NO4S. The van der Waals surface area contributed by atoms with Gasteiger partial charge in [0.15, 0.2) is 0 Å². The van der Waals surface area contributed by atoms with Crippen LogP contribution >= 0.6 is 11.3 Å². The zero-order valence-electron chi connectivity index (χ0n) is 15.8. The molecular weight excluding hydrogens is 362 g/mol. The van der Waals surface area contributed by atoms with E-state index in [1.807, 2.05) is 18.2 Å². The second-order valence-electron chi connectivity index (χ2n) is 7.96. The van der Waals surface area contributed by atoms with Crippen molar-refractivity contribution in [2.45, 2.75) is 45.3 Å². The summed E-state index contributed by atoms with van der Waals surface area (Å²) in [6.45, 7) is 5.76. The molecule has 1 aromatic carbocycles. The number of amides is 1. The third-order valence-electron chi connectivity index (χ3n) is 4.55. The van der Waals surface area contributed by atoms with Crippen molar-refractivity contribution in [3.8, 4) is 11.1 Å². The van der Waals surface area contributed by atoms with Gasteiger partial charge in [-0.3, -0.25) is 4.90 Å². The van der Waals surface area contributed by atoms with E-state index in [1.165, 1.54) is 20.9 Å². The lowest BCUT2D eigenvalue weighted by molar-refractivity contribution is -0.142. The molecule has 0 saturated carbocycles. The van der Waals surface area contributed by atoms with E-state index < -0.39 is 23.7 Å². The maximum Gasteiger partial charge on any atom is 0.411 e. The topological polar surface area (TPSA) is 66.8 Å². The average Bonchev–Trinajstić information content (AvgIpc) is 3.22. The zero-order chi connectivity index (χ0) is 19.6. The number of carboxylic acids is 1. The van der Waals surface area contributed by atoms with Crippen molar-refractivity contribution < 1.29 is 19.4 Å². The van der Waals surface area contributed by atoms with E-state index in [2.05, 4.69) is 23.6 Å². The summed E-state index contributed by atoms with van der Waals surface area (Å²) in [5.74, 6) is -0.861. The number of ether oxygens (including phenoxy) is 1. The van der Waals surface area contributed by atoms with Crippen LogP contribution in [0.4, 0.5) is 4.79 Å². The Kier molecular flexibility index (Phi) is 5.56. The van der Waals surface area contributed by atoms with Gasteiger partial charge in [0.2, 0.25) is 0 Å². The number of carbonyl (C=O) groups excluding carboxylic acids is 1. The van der Waals surface area contributed by atoms with Crippen molar-refractivity contribution in [3.63, 3.8) is 0 Å². The van der Waals surface area contributed by atoms with Crippen LogP contribution in [0.25, 0.3) is 11.1 Å². The molecule has 5 nitrogen and oxygen atoms in total. The Bertz CT molecular complexity index is 809. The Morgan fingerprint density at radius 2 is 1.93 bits per heavy atom. The highest BCUT2D eigenvalue weighted by molar-refractivity contribution is 7.10. The Labute approximate surface area is 163 Å². The molecule has 2 aromatic rings. The smallest absolute Gasteiger partial charge is 0.411 e. The van der Waals surface area contributed by atoms with E-state index in [0.29, 0.717) is 13.0 Å². The van der Waals surface area contributed by atoms with Gasteiger partial charge in [-0.05, 0) is 62.1 Å². The highest BCUT2D eigenvalue weighted by atomic mass is 32.1. The molecule has 27 heavy (non-hydrogen) atoms. The first-order chi connectivity index (χ1) is 12.7. The quantitative estimate of drug-likeness (QED) is 0.828. The number of thiophene rings is 1. The molecule has 2 heterocycles. The summed E-state index contributed by atoms with van der Waals surface area (Å²) in [7, 11) is 0. The van der Waals surface area contributed by atoms with E-state index >= 15 is 0 Å². The molecule has 0 spiro atoms. The number of rotatable bonds is 4. The summed E-state index contributed by atoms with van der Waals surface area (Å²) in [6, 6.07) is 11.5. The van der Waals surface area contributed by atoms with E-state index in [1.54, 1.807) is 32.1 Å². The number of aliphatic carboxylic acids is 1. The molecule has 1 aliphatic heterocycles. The molecule has 0 radical (unpaired) electrons. The van der Waals surface area contributed by atoms with Crippen molar-refractivity contribution in [2.75, 3.05) is 6.54 Å².